The van der Waals surface area contributed by atoms with Gasteiger partial charge in [-0.25, -0.2) is 0 Å². The van der Waals surface area contributed by atoms with E-state index in [1.54, 1.807) is 7.11 Å². The van der Waals surface area contributed by atoms with E-state index in [1.807, 2.05) is 48.5 Å². The van der Waals surface area contributed by atoms with E-state index in [9.17, 15) is 0 Å². The van der Waals surface area contributed by atoms with Gasteiger partial charge in [-0.2, -0.15) is 0 Å². The van der Waals surface area contributed by atoms with Gasteiger partial charge in [0.25, 0.3) is 0 Å². The number of rotatable bonds is 6. The van der Waals surface area contributed by atoms with Crippen LogP contribution in [0.25, 0.3) is 0 Å². The van der Waals surface area contributed by atoms with Gasteiger partial charge in [0.15, 0.2) is 11.5 Å². The molecule has 0 atom stereocenters. The lowest BCUT2D eigenvalue weighted by Gasteiger charge is -2.12. The Hall–Kier alpha value is -0.904. The summed E-state index contributed by atoms with van der Waals surface area (Å²) >= 11 is -0.508. The first kappa shape index (κ1) is 14.5. The van der Waals surface area contributed by atoms with E-state index in [0.29, 0.717) is 6.61 Å². The van der Waals surface area contributed by atoms with Gasteiger partial charge in [-0.05, 0) is 17.7 Å². The van der Waals surface area contributed by atoms with Gasteiger partial charge in [0.05, 0.1) is 7.11 Å². The van der Waals surface area contributed by atoms with E-state index in [-0.39, 0.29) is 0 Å². The highest BCUT2D eigenvalue weighted by atomic mass is 35.5. The van der Waals surface area contributed by atoms with Crippen LogP contribution in [0.15, 0.2) is 48.5 Å². The first-order valence-electron chi connectivity index (χ1n) is 6.23. The van der Waals surface area contributed by atoms with E-state index in [2.05, 4.69) is 0 Å². The van der Waals surface area contributed by atoms with Crippen LogP contribution in [0.2, 0.25) is 0 Å². The van der Waals surface area contributed by atoms with Crippen LogP contribution in [0.5, 0.6) is 11.5 Å². The standard InChI is InChI=1S/C15H15O2.ClH.Mg/c1-12-8-9-14(16-2)15(10-12)17-11-13-6-4-3-5-7-13;;/h3-10H,1,11H2,2H3;1H;/q;;+1/p-1. The molecule has 0 aromatic heterocycles. The van der Waals surface area contributed by atoms with Crippen LogP contribution in [0.3, 0.4) is 0 Å². The van der Waals surface area contributed by atoms with E-state index < -0.39 is 19.3 Å². The van der Waals surface area contributed by atoms with Crippen molar-refractivity contribution < 1.29 is 9.47 Å². The van der Waals surface area contributed by atoms with Crippen molar-refractivity contribution in [2.24, 2.45) is 0 Å². The van der Waals surface area contributed by atoms with E-state index in [4.69, 9.17) is 18.5 Å². The molecule has 0 amide bonds. The molecular weight excluding hydrogens is 272 g/mol. The number of ether oxygens (including phenoxy) is 2. The molecule has 0 N–H and O–H groups in total. The molecule has 0 bridgehead atoms. The van der Waals surface area contributed by atoms with Gasteiger partial charge in [0, 0.05) is 0 Å². The highest BCUT2D eigenvalue weighted by Crippen LogP contribution is 2.29. The second-order valence-electron chi connectivity index (χ2n) is 4.20. The summed E-state index contributed by atoms with van der Waals surface area (Å²) in [6.07, 6.45) is 0. The summed E-state index contributed by atoms with van der Waals surface area (Å²) in [6, 6.07) is 16.1. The molecule has 96 valence electrons. The van der Waals surface area contributed by atoms with Crippen LogP contribution in [0.1, 0.15) is 11.1 Å². The lowest BCUT2D eigenvalue weighted by Crippen LogP contribution is -1.99. The summed E-state index contributed by atoms with van der Waals surface area (Å²) in [4.78, 5) is 0. The predicted molar refractivity (Wildman–Crippen MR) is 79.1 cm³/mol. The maximum absolute atomic E-state index is 5.90. The smallest absolute Gasteiger partial charge is 0.493 e. The van der Waals surface area contributed by atoms with Crippen molar-refractivity contribution in [1.29, 1.82) is 0 Å². The Bertz CT molecular complexity index is 517. The molecule has 0 aliphatic rings. The number of methoxy groups -OCH3 is 1. The lowest BCUT2D eigenvalue weighted by molar-refractivity contribution is 0.284. The zero-order chi connectivity index (χ0) is 13.5. The third kappa shape index (κ3) is 4.30. The van der Waals surface area contributed by atoms with Crippen molar-refractivity contribution in [2.45, 2.75) is 11.2 Å². The van der Waals surface area contributed by atoms with Gasteiger partial charge in [-0.3, -0.25) is 0 Å². The van der Waals surface area contributed by atoms with Gasteiger partial charge >= 0.3 is 19.3 Å². The van der Waals surface area contributed by atoms with Crippen LogP contribution in [-0.2, 0) is 11.2 Å². The summed E-state index contributed by atoms with van der Waals surface area (Å²) in [7, 11) is 7.56. The third-order valence-electron chi connectivity index (χ3n) is 2.85. The molecular formula is C15H15ClMgO2. The highest BCUT2D eigenvalue weighted by molar-refractivity contribution is 6.93. The van der Waals surface area contributed by atoms with Crippen LogP contribution in [-0.4, -0.2) is 26.4 Å². The molecule has 0 spiro atoms. The SMILES string of the molecule is COc1ccc([CH2][Mg][Cl])cc1OCc1ccccc1. The van der Waals surface area contributed by atoms with Crippen LogP contribution in [0, 0.1) is 0 Å². The summed E-state index contributed by atoms with van der Waals surface area (Å²) < 4.78 is 12.1. The third-order valence-corrected chi connectivity index (χ3v) is 4.18. The Morgan fingerprint density at radius 2 is 1.79 bits per heavy atom. The van der Waals surface area contributed by atoms with Crippen molar-refractivity contribution in [3.05, 3.63) is 59.7 Å². The molecule has 0 radical (unpaired) electrons. The average molecular weight is 287 g/mol. The fourth-order valence-corrected chi connectivity index (χ4v) is 3.02. The number of halogens is 1. The topological polar surface area (TPSA) is 18.5 Å². The summed E-state index contributed by atoms with van der Waals surface area (Å²) in [6.45, 7) is 0.541. The number of hydrogen-bond acceptors (Lipinski definition) is 2. The molecule has 2 nitrogen and oxygen atoms in total. The molecule has 0 aliphatic carbocycles. The van der Waals surface area contributed by atoms with Gasteiger partial charge < -0.3 is 18.5 Å². The summed E-state index contributed by atoms with van der Waals surface area (Å²) in [5, 5.41) is 0. The highest BCUT2D eigenvalue weighted by Gasteiger charge is 2.06. The van der Waals surface area contributed by atoms with Gasteiger partial charge in [-0.15, -0.1) is 0 Å². The van der Waals surface area contributed by atoms with Crippen LogP contribution in [0.4, 0.5) is 0 Å². The summed E-state index contributed by atoms with van der Waals surface area (Å²) in [5.41, 5.74) is 2.35. The minimum Gasteiger partial charge on any atom is -0.493 e. The maximum atomic E-state index is 5.90. The molecule has 0 heterocycles. The largest absolute Gasteiger partial charge is 0.505 e. The Labute approximate surface area is 127 Å². The van der Waals surface area contributed by atoms with Gasteiger partial charge in [0.1, 0.15) is 6.61 Å². The van der Waals surface area contributed by atoms with Gasteiger partial charge in [-0.1, -0.05) is 46.5 Å². The second-order valence-corrected chi connectivity index (χ2v) is 6.21. The average Bonchev–Trinajstić information content (AvgIpc) is 2.47. The van der Waals surface area contributed by atoms with Crippen LogP contribution >= 0.6 is 9.07 Å². The van der Waals surface area contributed by atoms with Gasteiger partial charge in [0.2, 0.25) is 0 Å². The Kier molecular flexibility index (Phi) is 5.82. The molecule has 2 aromatic carbocycles. The fraction of sp³-hybridized carbons (Fsp3) is 0.200. The quantitative estimate of drug-likeness (QED) is 0.755. The van der Waals surface area contributed by atoms with E-state index in [1.165, 1.54) is 5.56 Å². The first-order valence-corrected chi connectivity index (χ1v) is 9.37. The minimum absolute atomic E-state index is 0.508. The summed E-state index contributed by atoms with van der Waals surface area (Å²) in [5.74, 6) is 1.54. The lowest BCUT2D eigenvalue weighted by atomic mass is 10.2. The molecule has 0 saturated heterocycles. The Balaban J connectivity index is 2.11. The molecule has 0 aliphatic heterocycles. The van der Waals surface area contributed by atoms with Crippen molar-refractivity contribution >= 4 is 28.3 Å². The number of benzene rings is 2. The molecule has 0 fully saturated rings. The predicted octanol–water partition coefficient (Wildman–Crippen LogP) is 3.63. The Morgan fingerprint density at radius 3 is 2.47 bits per heavy atom. The fourth-order valence-electron chi connectivity index (χ4n) is 1.83. The maximum Gasteiger partial charge on any atom is 0.505 e. The molecule has 19 heavy (non-hydrogen) atoms. The zero-order valence-corrected chi connectivity index (χ0v) is 13.1. The van der Waals surface area contributed by atoms with Crippen molar-refractivity contribution in [2.75, 3.05) is 7.11 Å². The van der Waals surface area contributed by atoms with E-state index in [0.717, 1.165) is 21.6 Å². The monoisotopic (exact) mass is 286 g/mol. The molecule has 2 aromatic rings. The van der Waals surface area contributed by atoms with Crippen molar-refractivity contribution in [1.82, 2.24) is 0 Å². The Morgan fingerprint density at radius 1 is 1.00 bits per heavy atom. The number of hydrogen-bond donors (Lipinski definition) is 0. The molecule has 0 saturated carbocycles. The first-order chi connectivity index (χ1) is 9.33. The van der Waals surface area contributed by atoms with Crippen molar-refractivity contribution in [3.8, 4) is 11.5 Å². The molecule has 4 heteroatoms. The minimum atomic E-state index is -0.508. The second kappa shape index (κ2) is 7.63. The normalized spacial score (nSPS) is 9.79. The molecule has 2 rings (SSSR count). The van der Waals surface area contributed by atoms with E-state index >= 15 is 0 Å². The van der Waals surface area contributed by atoms with Crippen molar-refractivity contribution in [3.63, 3.8) is 0 Å². The molecule has 0 unspecified atom stereocenters. The van der Waals surface area contributed by atoms with Crippen LogP contribution < -0.4 is 9.47 Å². The zero-order valence-electron chi connectivity index (χ0n) is 10.9.